The molecule has 1 heterocycles. The number of para-hydroxylation sites is 1. The molecular formula is C32H35N5O5. The number of nitrogens with one attached hydrogen (secondary N) is 3. The van der Waals surface area contributed by atoms with E-state index in [1.54, 1.807) is 6.07 Å². The number of hydrogen-bond donors (Lipinski definition) is 5. The van der Waals surface area contributed by atoms with Crippen molar-refractivity contribution in [3.8, 4) is 11.5 Å². The first kappa shape index (κ1) is 28.5. The summed E-state index contributed by atoms with van der Waals surface area (Å²) in [6.45, 7) is 2.56. The Kier molecular flexibility index (Phi) is 8.61. The Morgan fingerprint density at radius 1 is 0.952 bits per heavy atom. The molecule has 2 amide bonds. The molecule has 4 aromatic rings. The molecule has 0 atom stereocenters. The summed E-state index contributed by atoms with van der Waals surface area (Å²) in [5, 5.41) is 23.7. The monoisotopic (exact) mass is 569 g/mol. The van der Waals surface area contributed by atoms with Crippen LogP contribution in [0.3, 0.4) is 0 Å². The smallest absolute Gasteiger partial charge is 0.404 e. The molecular weight excluding hydrogens is 534 g/mol. The van der Waals surface area contributed by atoms with E-state index in [4.69, 9.17) is 25.7 Å². The number of anilines is 1. The summed E-state index contributed by atoms with van der Waals surface area (Å²) in [5.74, 6) is 1.19. The van der Waals surface area contributed by atoms with Crippen molar-refractivity contribution in [1.29, 1.82) is 5.41 Å². The van der Waals surface area contributed by atoms with Gasteiger partial charge in [0.05, 0.1) is 17.8 Å². The van der Waals surface area contributed by atoms with E-state index >= 15 is 0 Å². The quantitative estimate of drug-likeness (QED) is 0.128. The number of benzene rings is 3. The molecule has 0 bridgehead atoms. The average molecular weight is 570 g/mol. The zero-order valence-electron chi connectivity index (χ0n) is 23.4. The first-order chi connectivity index (χ1) is 20.3. The summed E-state index contributed by atoms with van der Waals surface area (Å²) in [7, 11) is 0. The van der Waals surface area contributed by atoms with Crippen molar-refractivity contribution in [1.82, 2.24) is 15.2 Å². The van der Waals surface area contributed by atoms with Crippen molar-refractivity contribution >= 4 is 34.5 Å². The second-order valence-corrected chi connectivity index (χ2v) is 10.4. The number of ether oxygens (including phenoxy) is 2. The normalized spacial score (nSPS) is 16.5. The summed E-state index contributed by atoms with van der Waals surface area (Å²) in [6.07, 6.45) is 1.59. The van der Waals surface area contributed by atoms with E-state index in [-0.39, 0.29) is 23.9 Å². The van der Waals surface area contributed by atoms with Crippen LogP contribution >= 0.6 is 0 Å². The Bertz CT molecular complexity index is 1570. The van der Waals surface area contributed by atoms with Gasteiger partial charge in [-0.1, -0.05) is 30.3 Å². The zero-order valence-corrected chi connectivity index (χ0v) is 23.4. The highest BCUT2D eigenvalue weighted by molar-refractivity contribution is 6.09. The largest absolute Gasteiger partial charge is 0.478 e. The number of carbonyl (C=O) groups is 2. The van der Waals surface area contributed by atoms with Gasteiger partial charge < -0.3 is 35.5 Å². The highest BCUT2D eigenvalue weighted by Gasteiger charge is 2.27. The molecule has 5 rings (SSSR count). The van der Waals surface area contributed by atoms with Crippen LogP contribution in [-0.2, 0) is 11.3 Å². The second kappa shape index (κ2) is 12.7. The van der Waals surface area contributed by atoms with Crippen LogP contribution < -0.4 is 21.1 Å². The van der Waals surface area contributed by atoms with E-state index < -0.39 is 6.09 Å². The minimum atomic E-state index is -1.03. The van der Waals surface area contributed by atoms with Gasteiger partial charge in [0.2, 0.25) is 5.90 Å². The number of nitrogens with zero attached hydrogens (tertiary/aromatic N) is 1. The number of fused-ring (bicyclic) bond motifs is 1. The van der Waals surface area contributed by atoms with Crippen LogP contribution in [0.15, 0.2) is 72.8 Å². The Hall–Kier alpha value is -4.99. The molecule has 42 heavy (non-hydrogen) atoms. The first-order valence-corrected chi connectivity index (χ1v) is 14.1. The molecule has 0 aliphatic heterocycles. The molecule has 1 fully saturated rings. The molecule has 0 unspecified atom stereocenters. The van der Waals surface area contributed by atoms with E-state index in [0.29, 0.717) is 66.9 Å². The van der Waals surface area contributed by atoms with Crippen LogP contribution in [0, 0.1) is 5.41 Å². The van der Waals surface area contributed by atoms with Gasteiger partial charge in [-0.05, 0) is 80.6 Å². The Morgan fingerprint density at radius 3 is 2.24 bits per heavy atom. The van der Waals surface area contributed by atoms with Crippen LogP contribution in [0.4, 0.5) is 10.5 Å². The highest BCUT2D eigenvalue weighted by Crippen LogP contribution is 2.32. The van der Waals surface area contributed by atoms with Gasteiger partial charge in [0.25, 0.3) is 5.91 Å². The van der Waals surface area contributed by atoms with Crippen molar-refractivity contribution in [2.75, 3.05) is 12.3 Å². The summed E-state index contributed by atoms with van der Waals surface area (Å²) < 4.78 is 13.2. The van der Waals surface area contributed by atoms with E-state index in [1.807, 2.05) is 78.2 Å². The summed E-state index contributed by atoms with van der Waals surface area (Å²) in [5.41, 5.74) is 9.57. The molecule has 0 radical (unpaired) electrons. The van der Waals surface area contributed by atoms with Crippen LogP contribution in [0.25, 0.3) is 10.9 Å². The van der Waals surface area contributed by atoms with Crippen LogP contribution in [0.5, 0.6) is 11.5 Å². The third-order valence-corrected chi connectivity index (χ3v) is 7.50. The van der Waals surface area contributed by atoms with Crippen molar-refractivity contribution in [2.45, 2.75) is 51.2 Å². The maximum absolute atomic E-state index is 13.7. The zero-order chi connectivity index (χ0) is 29.6. The fraction of sp³-hybridized carbons (Fsp3) is 0.281. The molecule has 218 valence electrons. The number of rotatable bonds is 9. The molecule has 1 aromatic heterocycles. The molecule has 3 aromatic carbocycles. The number of amides is 2. The molecule has 0 spiro atoms. The van der Waals surface area contributed by atoms with Gasteiger partial charge in [0.1, 0.15) is 17.2 Å². The number of aromatic nitrogens is 1. The minimum Gasteiger partial charge on any atom is -0.478 e. The second-order valence-electron chi connectivity index (χ2n) is 10.4. The third kappa shape index (κ3) is 6.49. The lowest BCUT2D eigenvalue weighted by molar-refractivity contribution is 0.0915. The number of hydrogen-bond acceptors (Lipinski definition) is 6. The van der Waals surface area contributed by atoms with Gasteiger partial charge in [-0.25, -0.2) is 4.79 Å². The fourth-order valence-corrected chi connectivity index (χ4v) is 5.43. The third-order valence-electron chi connectivity index (χ3n) is 7.50. The molecule has 1 saturated carbocycles. The summed E-state index contributed by atoms with van der Waals surface area (Å²) in [4.78, 5) is 24.7. The van der Waals surface area contributed by atoms with Crippen molar-refractivity contribution in [3.63, 3.8) is 0 Å². The topological polar surface area (TPSA) is 152 Å². The number of carboxylic acid groups (broad SMARTS) is 1. The van der Waals surface area contributed by atoms with Gasteiger partial charge in [0, 0.05) is 29.6 Å². The SMILES string of the molecule is CCOC(=N)c1ccc2c(N)c(C(=O)NC3CCC(NC(=O)O)CC3)n(Cc3ccc(Oc4ccccc4)cc3)c2c1. The van der Waals surface area contributed by atoms with Crippen LogP contribution in [0.2, 0.25) is 0 Å². The lowest BCUT2D eigenvalue weighted by Gasteiger charge is -2.29. The van der Waals surface area contributed by atoms with Crippen molar-refractivity contribution in [3.05, 3.63) is 89.6 Å². The van der Waals surface area contributed by atoms with E-state index in [1.165, 1.54) is 0 Å². The number of nitrogen functional groups attached to an aromatic ring is 1. The van der Waals surface area contributed by atoms with Gasteiger partial charge in [-0.15, -0.1) is 0 Å². The van der Waals surface area contributed by atoms with E-state index in [9.17, 15) is 9.59 Å². The van der Waals surface area contributed by atoms with E-state index in [0.717, 1.165) is 16.8 Å². The molecule has 1 aliphatic rings. The summed E-state index contributed by atoms with van der Waals surface area (Å²) in [6, 6.07) is 22.4. The fourth-order valence-electron chi connectivity index (χ4n) is 5.43. The van der Waals surface area contributed by atoms with Crippen LogP contribution in [-0.4, -0.2) is 46.3 Å². The first-order valence-electron chi connectivity index (χ1n) is 14.1. The predicted molar refractivity (Wildman–Crippen MR) is 162 cm³/mol. The Morgan fingerprint density at radius 2 is 1.60 bits per heavy atom. The highest BCUT2D eigenvalue weighted by atomic mass is 16.5. The average Bonchev–Trinajstić information content (AvgIpc) is 3.26. The minimum absolute atomic E-state index is 0.0471. The maximum atomic E-state index is 13.7. The predicted octanol–water partition coefficient (Wildman–Crippen LogP) is 5.73. The molecule has 6 N–H and O–H groups in total. The lowest BCUT2D eigenvalue weighted by Crippen LogP contribution is -2.43. The molecule has 10 heteroatoms. The van der Waals surface area contributed by atoms with Crippen molar-refractivity contribution < 1.29 is 24.2 Å². The summed E-state index contributed by atoms with van der Waals surface area (Å²) >= 11 is 0. The number of nitrogens with two attached hydrogens (primary N) is 1. The van der Waals surface area contributed by atoms with Gasteiger partial charge in [0.15, 0.2) is 0 Å². The lowest BCUT2D eigenvalue weighted by atomic mass is 9.91. The Balaban J connectivity index is 1.43. The van der Waals surface area contributed by atoms with E-state index in [2.05, 4.69) is 10.6 Å². The van der Waals surface area contributed by atoms with Gasteiger partial charge >= 0.3 is 6.09 Å². The number of carbonyl (C=O) groups excluding carboxylic acids is 1. The maximum Gasteiger partial charge on any atom is 0.404 e. The van der Waals surface area contributed by atoms with Gasteiger partial charge in [-0.2, -0.15) is 0 Å². The van der Waals surface area contributed by atoms with Crippen LogP contribution in [0.1, 0.15) is 54.2 Å². The van der Waals surface area contributed by atoms with Crippen molar-refractivity contribution in [2.24, 2.45) is 0 Å². The van der Waals surface area contributed by atoms with Gasteiger partial charge in [-0.3, -0.25) is 10.2 Å². The molecule has 10 nitrogen and oxygen atoms in total. The standard InChI is InChI=1S/C32H35N5O5/c1-2-41-30(34)21-10-17-26-27(18-21)37(19-20-8-15-25(16-9-20)42-24-6-4-3-5-7-24)29(28(26)33)31(38)35-22-11-13-23(14-12-22)36-32(39)40/h3-10,15-18,22-23,34,36H,2,11-14,19,33H2,1H3,(H,35,38)(H,39,40). The molecule has 1 aliphatic carbocycles. The Labute approximate surface area is 243 Å². The molecule has 0 saturated heterocycles.